The Kier molecular flexibility index (Phi) is 4.93. The maximum Gasteiger partial charge on any atom is 0.315 e. The van der Waals surface area contributed by atoms with E-state index in [0.29, 0.717) is 24.2 Å². The maximum absolute atomic E-state index is 13.5. The highest BCUT2D eigenvalue weighted by atomic mass is 19.1. The van der Waals surface area contributed by atoms with Crippen LogP contribution in [0.2, 0.25) is 0 Å². The highest BCUT2D eigenvalue weighted by Crippen LogP contribution is 2.14. The van der Waals surface area contributed by atoms with Gasteiger partial charge in [-0.2, -0.15) is 0 Å². The molecule has 2 N–H and O–H groups in total. The average molecular weight is 286 g/mol. The van der Waals surface area contributed by atoms with Crippen molar-refractivity contribution in [2.75, 3.05) is 0 Å². The number of aryl methyl sites for hydroxylation is 2. The molecule has 0 saturated heterocycles. The van der Waals surface area contributed by atoms with Crippen molar-refractivity contribution in [1.82, 2.24) is 10.6 Å². The standard InChI is InChI=1S/C17H19FN2O/c1-12-8-15(9-13(2)16(12)18)11-20-17(21)19-10-14-6-4-3-5-7-14/h3-9H,10-11H2,1-2H3,(H2,19,20,21). The molecule has 0 fully saturated rings. The molecule has 110 valence electrons. The second kappa shape index (κ2) is 6.88. The predicted octanol–water partition coefficient (Wildman–Crippen LogP) is 3.44. The van der Waals surface area contributed by atoms with Gasteiger partial charge in [0.05, 0.1) is 0 Å². The van der Waals surface area contributed by atoms with Gasteiger partial charge in [-0.05, 0) is 36.1 Å². The van der Waals surface area contributed by atoms with Crippen LogP contribution in [-0.4, -0.2) is 6.03 Å². The van der Waals surface area contributed by atoms with Crippen LogP contribution >= 0.6 is 0 Å². The number of amides is 2. The highest BCUT2D eigenvalue weighted by molar-refractivity contribution is 5.73. The Hall–Kier alpha value is -2.36. The molecule has 2 aromatic rings. The molecule has 21 heavy (non-hydrogen) atoms. The van der Waals surface area contributed by atoms with Crippen LogP contribution in [0.25, 0.3) is 0 Å². The molecule has 0 aliphatic heterocycles. The van der Waals surface area contributed by atoms with Crippen LogP contribution < -0.4 is 10.6 Å². The Morgan fingerprint density at radius 3 is 2.05 bits per heavy atom. The van der Waals surface area contributed by atoms with E-state index in [0.717, 1.165) is 11.1 Å². The molecule has 0 aliphatic rings. The van der Waals surface area contributed by atoms with Gasteiger partial charge in [0, 0.05) is 13.1 Å². The molecule has 2 aromatic carbocycles. The lowest BCUT2D eigenvalue weighted by Crippen LogP contribution is -2.34. The predicted molar refractivity (Wildman–Crippen MR) is 81.4 cm³/mol. The van der Waals surface area contributed by atoms with Crippen LogP contribution in [0.15, 0.2) is 42.5 Å². The van der Waals surface area contributed by atoms with Gasteiger partial charge in [-0.1, -0.05) is 42.5 Å². The number of urea groups is 1. The zero-order valence-corrected chi connectivity index (χ0v) is 12.2. The first-order valence-electron chi connectivity index (χ1n) is 6.87. The summed E-state index contributed by atoms with van der Waals surface area (Å²) in [5, 5.41) is 5.56. The molecule has 0 unspecified atom stereocenters. The normalized spacial score (nSPS) is 10.2. The molecule has 0 spiro atoms. The van der Waals surface area contributed by atoms with Crippen LogP contribution in [0, 0.1) is 19.7 Å². The van der Waals surface area contributed by atoms with Gasteiger partial charge in [-0.25, -0.2) is 9.18 Å². The average Bonchev–Trinajstić information content (AvgIpc) is 2.49. The molecule has 2 amide bonds. The minimum Gasteiger partial charge on any atom is -0.334 e. The van der Waals surface area contributed by atoms with Crippen molar-refractivity contribution in [3.63, 3.8) is 0 Å². The lowest BCUT2D eigenvalue weighted by atomic mass is 10.1. The molecular formula is C17H19FN2O. The van der Waals surface area contributed by atoms with E-state index < -0.39 is 0 Å². The highest BCUT2D eigenvalue weighted by Gasteiger charge is 2.05. The molecule has 0 aromatic heterocycles. The fourth-order valence-corrected chi connectivity index (χ4v) is 2.16. The summed E-state index contributed by atoms with van der Waals surface area (Å²) in [6.07, 6.45) is 0. The summed E-state index contributed by atoms with van der Waals surface area (Å²) in [6.45, 7) is 4.30. The van der Waals surface area contributed by atoms with E-state index in [4.69, 9.17) is 0 Å². The number of benzene rings is 2. The topological polar surface area (TPSA) is 41.1 Å². The van der Waals surface area contributed by atoms with Crippen molar-refractivity contribution in [2.45, 2.75) is 26.9 Å². The van der Waals surface area contributed by atoms with Crippen LogP contribution in [0.5, 0.6) is 0 Å². The van der Waals surface area contributed by atoms with E-state index in [2.05, 4.69) is 10.6 Å². The first kappa shape index (κ1) is 15.0. The SMILES string of the molecule is Cc1cc(CNC(=O)NCc2ccccc2)cc(C)c1F. The van der Waals surface area contributed by atoms with Gasteiger partial charge in [-0.3, -0.25) is 0 Å². The Bertz CT molecular complexity index is 603. The first-order chi connectivity index (χ1) is 10.1. The number of hydrogen-bond donors (Lipinski definition) is 2. The second-order valence-electron chi connectivity index (χ2n) is 5.07. The molecule has 4 heteroatoms. The second-order valence-corrected chi connectivity index (χ2v) is 5.07. The summed E-state index contributed by atoms with van der Waals surface area (Å²) in [5.74, 6) is -0.188. The van der Waals surface area contributed by atoms with E-state index >= 15 is 0 Å². The van der Waals surface area contributed by atoms with Crippen molar-refractivity contribution in [2.24, 2.45) is 0 Å². The molecular weight excluding hydrogens is 267 g/mol. The van der Waals surface area contributed by atoms with Crippen LogP contribution in [0.3, 0.4) is 0 Å². The van der Waals surface area contributed by atoms with Crippen LogP contribution in [0.4, 0.5) is 9.18 Å². The number of rotatable bonds is 4. The summed E-state index contributed by atoms with van der Waals surface area (Å²) in [6, 6.07) is 13.0. The van der Waals surface area contributed by atoms with E-state index in [1.807, 2.05) is 30.3 Å². The summed E-state index contributed by atoms with van der Waals surface area (Å²) in [4.78, 5) is 11.7. The van der Waals surface area contributed by atoms with E-state index in [1.165, 1.54) is 0 Å². The van der Waals surface area contributed by atoms with Gasteiger partial charge in [0.1, 0.15) is 5.82 Å². The summed E-state index contributed by atoms with van der Waals surface area (Å²) >= 11 is 0. The Balaban J connectivity index is 1.84. The third kappa shape index (κ3) is 4.31. The van der Waals surface area contributed by atoms with E-state index in [9.17, 15) is 9.18 Å². The number of halogens is 1. The number of carbonyl (C=O) groups is 1. The molecule has 0 atom stereocenters. The number of nitrogens with one attached hydrogen (secondary N) is 2. The molecule has 0 radical (unpaired) electrons. The smallest absolute Gasteiger partial charge is 0.315 e. The first-order valence-corrected chi connectivity index (χ1v) is 6.87. The van der Waals surface area contributed by atoms with Crippen molar-refractivity contribution >= 4 is 6.03 Å². The Morgan fingerprint density at radius 1 is 0.952 bits per heavy atom. The molecule has 2 rings (SSSR count). The maximum atomic E-state index is 13.5. The lowest BCUT2D eigenvalue weighted by Gasteiger charge is -2.10. The van der Waals surface area contributed by atoms with Gasteiger partial charge < -0.3 is 10.6 Å². The summed E-state index contributed by atoms with van der Waals surface area (Å²) < 4.78 is 13.5. The van der Waals surface area contributed by atoms with Gasteiger partial charge in [0.15, 0.2) is 0 Å². The van der Waals surface area contributed by atoms with E-state index in [1.54, 1.807) is 26.0 Å². The van der Waals surface area contributed by atoms with Gasteiger partial charge in [-0.15, -0.1) is 0 Å². The quantitative estimate of drug-likeness (QED) is 0.888. The van der Waals surface area contributed by atoms with Gasteiger partial charge in [0.25, 0.3) is 0 Å². The third-order valence-corrected chi connectivity index (χ3v) is 3.25. The van der Waals surface area contributed by atoms with Crippen molar-refractivity contribution in [3.05, 3.63) is 70.5 Å². The lowest BCUT2D eigenvalue weighted by molar-refractivity contribution is 0.240. The van der Waals surface area contributed by atoms with Crippen molar-refractivity contribution < 1.29 is 9.18 Å². The molecule has 0 heterocycles. The molecule has 0 bridgehead atoms. The zero-order chi connectivity index (χ0) is 15.2. The molecule has 3 nitrogen and oxygen atoms in total. The van der Waals surface area contributed by atoms with Crippen LogP contribution in [0.1, 0.15) is 22.3 Å². The van der Waals surface area contributed by atoms with Crippen LogP contribution in [-0.2, 0) is 13.1 Å². The van der Waals surface area contributed by atoms with Gasteiger partial charge >= 0.3 is 6.03 Å². The molecule has 0 saturated carbocycles. The minimum absolute atomic E-state index is 0.188. The largest absolute Gasteiger partial charge is 0.334 e. The van der Waals surface area contributed by atoms with E-state index in [-0.39, 0.29) is 11.8 Å². The Morgan fingerprint density at radius 2 is 1.48 bits per heavy atom. The third-order valence-electron chi connectivity index (χ3n) is 3.25. The summed E-state index contributed by atoms with van der Waals surface area (Å²) in [5.41, 5.74) is 3.12. The van der Waals surface area contributed by atoms with Gasteiger partial charge in [0.2, 0.25) is 0 Å². The molecule has 0 aliphatic carbocycles. The zero-order valence-electron chi connectivity index (χ0n) is 12.2. The summed E-state index contributed by atoms with van der Waals surface area (Å²) in [7, 11) is 0. The minimum atomic E-state index is -0.238. The van der Waals surface area contributed by atoms with Crippen molar-refractivity contribution in [3.8, 4) is 0 Å². The monoisotopic (exact) mass is 286 g/mol. The fourth-order valence-electron chi connectivity index (χ4n) is 2.16. The van der Waals surface area contributed by atoms with Crippen molar-refractivity contribution in [1.29, 1.82) is 0 Å². The number of hydrogen-bond acceptors (Lipinski definition) is 1. The number of carbonyl (C=O) groups excluding carboxylic acids is 1. The fraction of sp³-hybridized carbons (Fsp3) is 0.235. The Labute approximate surface area is 124 Å².